The molecule has 0 fully saturated rings. The maximum atomic E-state index is 10.9. The highest BCUT2D eigenvalue weighted by Gasteiger charge is 2.17. The van der Waals surface area contributed by atoms with Gasteiger partial charge in [0.2, 0.25) is 0 Å². The molecule has 0 saturated heterocycles. The summed E-state index contributed by atoms with van der Waals surface area (Å²) in [6.45, 7) is 4.70. The second-order valence-corrected chi connectivity index (χ2v) is 6.35. The second-order valence-electron chi connectivity index (χ2n) is 5.56. The van der Waals surface area contributed by atoms with Gasteiger partial charge in [0, 0.05) is 24.7 Å². The fraction of sp³-hybridized carbons (Fsp3) is 0.235. The number of anilines is 1. The van der Waals surface area contributed by atoms with E-state index in [-0.39, 0.29) is 11.7 Å². The van der Waals surface area contributed by atoms with E-state index < -0.39 is 4.92 Å². The summed E-state index contributed by atoms with van der Waals surface area (Å²) in [5.74, 6) is 0. The first-order valence-electron chi connectivity index (χ1n) is 7.44. The van der Waals surface area contributed by atoms with Crippen molar-refractivity contribution in [2.24, 2.45) is 0 Å². The minimum Gasteiger partial charge on any atom is -0.342 e. The van der Waals surface area contributed by atoms with Gasteiger partial charge in [-0.2, -0.15) is 0 Å². The standard InChI is InChI=1S/C17H18ClN3O2S/c1-12(2)20(11-13-6-4-3-5-7-13)17(24)19-16-10-14(21(22)23)8-9-15(16)18/h3-10,12H,11H2,1-2H3,(H,19,24). The predicted octanol–water partition coefficient (Wildman–Crippen LogP) is 4.86. The van der Waals surface area contributed by atoms with Crippen LogP contribution in [0.5, 0.6) is 0 Å². The first-order valence-corrected chi connectivity index (χ1v) is 8.22. The normalized spacial score (nSPS) is 10.5. The Labute approximate surface area is 151 Å². The van der Waals surface area contributed by atoms with Crippen LogP contribution in [-0.2, 0) is 6.54 Å². The van der Waals surface area contributed by atoms with Gasteiger partial charge in [-0.1, -0.05) is 41.9 Å². The van der Waals surface area contributed by atoms with E-state index in [4.69, 9.17) is 23.8 Å². The van der Waals surface area contributed by atoms with Crippen LogP contribution in [0.3, 0.4) is 0 Å². The highest BCUT2D eigenvalue weighted by atomic mass is 35.5. The Bertz CT molecular complexity index is 738. The molecule has 0 saturated carbocycles. The highest BCUT2D eigenvalue weighted by Crippen LogP contribution is 2.27. The maximum Gasteiger partial charge on any atom is 0.271 e. The molecule has 0 amide bonds. The van der Waals surface area contributed by atoms with E-state index >= 15 is 0 Å². The molecule has 0 radical (unpaired) electrons. The molecule has 0 aliphatic rings. The number of benzene rings is 2. The van der Waals surface area contributed by atoms with E-state index in [9.17, 15) is 10.1 Å². The van der Waals surface area contributed by atoms with Crippen LogP contribution < -0.4 is 5.32 Å². The summed E-state index contributed by atoms with van der Waals surface area (Å²) in [6.07, 6.45) is 0. The van der Waals surface area contributed by atoms with E-state index in [0.29, 0.717) is 22.4 Å². The molecule has 0 unspecified atom stereocenters. The van der Waals surface area contributed by atoms with Crippen LogP contribution >= 0.6 is 23.8 Å². The van der Waals surface area contributed by atoms with Crippen molar-refractivity contribution in [1.82, 2.24) is 4.90 Å². The van der Waals surface area contributed by atoms with E-state index in [2.05, 4.69) is 5.32 Å². The van der Waals surface area contributed by atoms with Gasteiger partial charge < -0.3 is 10.2 Å². The molecule has 0 bridgehead atoms. The second kappa shape index (κ2) is 8.08. The number of nitrogens with zero attached hydrogens (tertiary/aromatic N) is 2. The molecule has 0 spiro atoms. The monoisotopic (exact) mass is 363 g/mol. The SMILES string of the molecule is CC(C)N(Cc1ccccc1)C(=S)Nc1cc([N+](=O)[O-])ccc1Cl. The van der Waals surface area contributed by atoms with Crippen molar-refractivity contribution >= 4 is 40.3 Å². The first-order chi connectivity index (χ1) is 11.4. The topological polar surface area (TPSA) is 58.4 Å². The van der Waals surface area contributed by atoms with Crippen molar-refractivity contribution in [1.29, 1.82) is 0 Å². The van der Waals surface area contributed by atoms with Gasteiger partial charge in [0.15, 0.2) is 5.11 Å². The number of hydrogen-bond acceptors (Lipinski definition) is 3. The van der Waals surface area contributed by atoms with Crippen molar-refractivity contribution in [3.05, 3.63) is 69.2 Å². The average Bonchev–Trinajstić information content (AvgIpc) is 2.55. The Morgan fingerprint density at radius 2 is 1.96 bits per heavy atom. The van der Waals surface area contributed by atoms with Crippen molar-refractivity contribution in [2.75, 3.05) is 5.32 Å². The lowest BCUT2D eigenvalue weighted by atomic mass is 10.2. The average molecular weight is 364 g/mol. The molecule has 126 valence electrons. The summed E-state index contributed by atoms with van der Waals surface area (Å²) in [6, 6.07) is 14.4. The van der Waals surface area contributed by atoms with Crippen LogP contribution in [0.2, 0.25) is 5.02 Å². The molecule has 24 heavy (non-hydrogen) atoms. The Morgan fingerprint density at radius 3 is 2.54 bits per heavy atom. The van der Waals surface area contributed by atoms with Crippen LogP contribution in [0.1, 0.15) is 19.4 Å². The third kappa shape index (κ3) is 4.66. The lowest BCUT2D eigenvalue weighted by Crippen LogP contribution is -2.39. The molecule has 2 rings (SSSR count). The maximum absolute atomic E-state index is 10.9. The number of nitrogens with one attached hydrogen (secondary N) is 1. The van der Waals surface area contributed by atoms with Gasteiger partial charge in [-0.25, -0.2) is 0 Å². The van der Waals surface area contributed by atoms with Crippen molar-refractivity contribution in [2.45, 2.75) is 26.4 Å². The predicted molar refractivity (Wildman–Crippen MR) is 101 cm³/mol. The number of rotatable bonds is 5. The third-order valence-corrected chi connectivity index (χ3v) is 4.15. The molecule has 0 aliphatic carbocycles. The Kier molecular flexibility index (Phi) is 6.11. The summed E-state index contributed by atoms with van der Waals surface area (Å²) in [5.41, 5.74) is 1.51. The van der Waals surface area contributed by atoms with Crippen molar-refractivity contribution in [3.63, 3.8) is 0 Å². The highest BCUT2D eigenvalue weighted by molar-refractivity contribution is 7.80. The lowest BCUT2D eigenvalue weighted by molar-refractivity contribution is -0.384. The molecule has 0 atom stereocenters. The summed E-state index contributed by atoms with van der Waals surface area (Å²) >= 11 is 11.6. The molecule has 7 heteroatoms. The van der Waals surface area contributed by atoms with Crippen LogP contribution in [0.4, 0.5) is 11.4 Å². The van der Waals surface area contributed by atoms with E-state index in [1.807, 2.05) is 49.1 Å². The number of nitro groups is 1. The van der Waals surface area contributed by atoms with Crippen LogP contribution in [0.15, 0.2) is 48.5 Å². The van der Waals surface area contributed by atoms with Gasteiger partial charge >= 0.3 is 0 Å². The number of non-ortho nitro benzene ring substituents is 1. The molecular formula is C17H18ClN3O2S. The van der Waals surface area contributed by atoms with Crippen molar-refractivity contribution in [3.8, 4) is 0 Å². The molecule has 0 heterocycles. The minimum atomic E-state index is -0.464. The lowest BCUT2D eigenvalue weighted by Gasteiger charge is -2.30. The largest absolute Gasteiger partial charge is 0.342 e. The summed E-state index contributed by atoms with van der Waals surface area (Å²) in [5, 5.41) is 14.8. The zero-order valence-corrected chi connectivity index (χ0v) is 15.0. The summed E-state index contributed by atoms with van der Waals surface area (Å²) in [4.78, 5) is 12.5. The molecule has 2 aromatic carbocycles. The zero-order valence-electron chi connectivity index (χ0n) is 13.4. The molecule has 5 nitrogen and oxygen atoms in total. The molecule has 2 aromatic rings. The van der Waals surface area contributed by atoms with Gasteiger partial charge in [-0.3, -0.25) is 10.1 Å². The Hall–Kier alpha value is -2.18. The third-order valence-electron chi connectivity index (χ3n) is 3.48. The van der Waals surface area contributed by atoms with Gasteiger partial charge in [-0.05, 0) is 37.7 Å². The van der Waals surface area contributed by atoms with Crippen LogP contribution in [0, 0.1) is 10.1 Å². The van der Waals surface area contributed by atoms with E-state index in [1.54, 1.807) is 0 Å². The summed E-state index contributed by atoms with van der Waals surface area (Å²) < 4.78 is 0. The van der Waals surface area contributed by atoms with E-state index in [1.165, 1.54) is 18.2 Å². The smallest absolute Gasteiger partial charge is 0.271 e. The first kappa shape index (κ1) is 18.2. The molecular weight excluding hydrogens is 346 g/mol. The minimum absolute atomic E-state index is 0.0381. The number of nitro benzene ring substituents is 1. The summed E-state index contributed by atoms with van der Waals surface area (Å²) in [7, 11) is 0. The van der Waals surface area contributed by atoms with Gasteiger partial charge in [0.05, 0.1) is 15.6 Å². The number of thiocarbonyl (C=S) groups is 1. The number of hydrogen-bond donors (Lipinski definition) is 1. The van der Waals surface area contributed by atoms with Crippen LogP contribution in [-0.4, -0.2) is 21.0 Å². The molecule has 0 aliphatic heterocycles. The van der Waals surface area contributed by atoms with Gasteiger partial charge in [0.1, 0.15) is 0 Å². The van der Waals surface area contributed by atoms with Crippen LogP contribution in [0.25, 0.3) is 0 Å². The molecule has 1 N–H and O–H groups in total. The Morgan fingerprint density at radius 1 is 1.29 bits per heavy atom. The van der Waals surface area contributed by atoms with Crippen molar-refractivity contribution < 1.29 is 4.92 Å². The fourth-order valence-electron chi connectivity index (χ4n) is 2.18. The number of halogens is 1. The van der Waals surface area contributed by atoms with E-state index in [0.717, 1.165) is 5.56 Å². The molecule has 0 aromatic heterocycles. The zero-order chi connectivity index (χ0) is 17.7. The Balaban J connectivity index is 2.19. The van der Waals surface area contributed by atoms with Gasteiger partial charge in [0.25, 0.3) is 5.69 Å². The fourth-order valence-corrected chi connectivity index (χ4v) is 2.73. The quantitative estimate of drug-likeness (QED) is 0.467. The van der Waals surface area contributed by atoms with Gasteiger partial charge in [-0.15, -0.1) is 0 Å².